The lowest BCUT2D eigenvalue weighted by atomic mass is 10.2. The number of hydrogen-bond acceptors (Lipinski definition) is 4. The van der Waals surface area contributed by atoms with Crippen LogP contribution in [0.4, 0.5) is 4.39 Å². The molecule has 0 radical (unpaired) electrons. The van der Waals surface area contributed by atoms with Crippen molar-refractivity contribution >= 4 is 17.3 Å². The van der Waals surface area contributed by atoms with Crippen LogP contribution in [0.2, 0.25) is 0 Å². The zero-order chi connectivity index (χ0) is 11.5. The number of aromatic nitrogens is 1. The third-order valence-corrected chi connectivity index (χ3v) is 2.99. The van der Waals surface area contributed by atoms with Crippen LogP contribution in [-0.2, 0) is 4.74 Å². The Kier molecular flexibility index (Phi) is 2.96. The van der Waals surface area contributed by atoms with E-state index in [4.69, 9.17) is 0 Å². The molecule has 1 aromatic carbocycles. The molecule has 0 atom stereocenters. The number of methoxy groups -OCH3 is 1. The van der Waals surface area contributed by atoms with Gasteiger partial charge in [0, 0.05) is 5.56 Å². The van der Waals surface area contributed by atoms with Crippen LogP contribution in [0.25, 0.3) is 10.6 Å². The van der Waals surface area contributed by atoms with Crippen LogP contribution in [0.1, 0.15) is 9.67 Å². The van der Waals surface area contributed by atoms with Crippen molar-refractivity contribution in [2.75, 3.05) is 7.11 Å². The smallest absolute Gasteiger partial charge is 0.349 e. The number of ether oxygens (including phenoxy) is 1. The van der Waals surface area contributed by atoms with Crippen molar-refractivity contribution in [1.82, 2.24) is 4.98 Å². The Labute approximate surface area is 95.5 Å². The van der Waals surface area contributed by atoms with Gasteiger partial charge in [0.15, 0.2) is 0 Å². The number of benzene rings is 1. The zero-order valence-electron chi connectivity index (χ0n) is 8.44. The predicted molar refractivity (Wildman–Crippen MR) is 58.8 cm³/mol. The molecule has 0 amide bonds. The Morgan fingerprint density at radius 3 is 3.00 bits per heavy atom. The van der Waals surface area contributed by atoms with Crippen LogP contribution in [0, 0.1) is 5.82 Å². The maximum atomic E-state index is 13.0. The Morgan fingerprint density at radius 2 is 2.31 bits per heavy atom. The first-order valence-corrected chi connectivity index (χ1v) is 5.32. The summed E-state index contributed by atoms with van der Waals surface area (Å²) in [6, 6.07) is 6.07. The Balaban J connectivity index is 2.35. The van der Waals surface area contributed by atoms with Gasteiger partial charge < -0.3 is 4.74 Å². The molecule has 82 valence electrons. The van der Waals surface area contributed by atoms with E-state index in [1.54, 1.807) is 12.1 Å². The van der Waals surface area contributed by atoms with Crippen molar-refractivity contribution in [2.24, 2.45) is 0 Å². The SMILES string of the molecule is COC(=O)c1cnc(-c2cccc(F)c2)s1. The quantitative estimate of drug-likeness (QED) is 0.754. The van der Waals surface area contributed by atoms with Gasteiger partial charge in [-0.2, -0.15) is 0 Å². The molecule has 0 saturated carbocycles. The molecular formula is C11H8FNO2S. The normalized spacial score (nSPS) is 10.1. The maximum Gasteiger partial charge on any atom is 0.349 e. The van der Waals surface area contributed by atoms with E-state index >= 15 is 0 Å². The van der Waals surface area contributed by atoms with Gasteiger partial charge in [0.2, 0.25) is 0 Å². The van der Waals surface area contributed by atoms with Gasteiger partial charge in [0.05, 0.1) is 13.3 Å². The monoisotopic (exact) mass is 237 g/mol. The molecule has 16 heavy (non-hydrogen) atoms. The summed E-state index contributed by atoms with van der Waals surface area (Å²) in [6.45, 7) is 0. The first-order chi connectivity index (χ1) is 7.70. The summed E-state index contributed by atoms with van der Waals surface area (Å²) in [6.07, 6.45) is 1.43. The van der Waals surface area contributed by atoms with E-state index in [-0.39, 0.29) is 5.82 Å². The first-order valence-electron chi connectivity index (χ1n) is 4.51. The summed E-state index contributed by atoms with van der Waals surface area (Å²) >= 11 is 1.18. The highest BCUT2D eigenvalue weighted by molar-refractivity contribution is 7.16. The minimum Gasteiger partial charge on any atom is -0.465 e. The van der Waals surface area contributed by atoms with E-state index in [1.807, 2.05) is 0 Å². The maximum absolute atomic E-state index is 13.0. The van der Waals surface area contributed by atoms with Crippen molar-refractivity contribution in [3.63, 3.8) is 0 Å². The van der Waals surface area contributed by atoms with Gasteiger partial charge in [-0.1, -0.05) is 12.1 Å². The molecule has 0 spiro atoms. The summed E-state index contributed by atoms with van der Waals surface area (Å²) in [5.74, 6) is -0.757. The number of esters is 1. The lowest BCUT2D eigenvalue weighted by Gasteiger charge is -1.95. The number of nitrogens with zero attached hydrogens (tertiary/aromatic N) is 1. The fourth-order valence-electron chi connectivity index (χ4n) is 1.22. The average Bonchev–Trinajstić information content (AvgIpc) is 2.77. The highest BCUT2D eigenvalue weighted by atomic mass is 32.1. The number of rotatable bonds is 2. The minimum atomic E-state index is -0.430. The molecule has 0 bridgehead atoms. The molecular weight excluding hydrogens is 229 g/mol. The fraction of sp³-hybridized carbons (Fsp3) is 0.0909. The molecule has 0 aliphatic carbocycles. The molecule has 3 nitrogen and oxygen atoms in total. The largest absolute Gasteiger partial charge is 0.465 e. The molecule has 0 aliphatic heterocycles. The summed E-state index contributed by atoms with van der Waals surface area (Å²) < 4.78 is 17.5. The Bertz CT molecular complexity index is 524. The lowest BCUT2D eigenvalue weighted by molar-refractivity contribution is 0.0606. The molecule has 0 N–H and O–H groups in total. The Hall–Kier alpha value is -1.75. The number of thiazole rings is 1. The number of carbonyl (C=O) groups is 1. The number of halogens is 1. The van der Waals surface area contributed by atoms with Crippen LogP contribution in [-0.4, -0.2) is 18.1 Å². The summed E-state index contributed by atoms with van der Waals surface area (Å²) in [5.41, 5.74) is 0.653. The van der Waals surface area contributed by atoms with Gasteiger partial charge in [-0.25, -0.2) is 14.2 Å². The van der Waals surface area contributed by atoms with E-state index in [0.717, 1.165) is 0 Å². The van der Waals surface area contributed by atoms with Crippen molar-refractivity contribution in [1.29, 1.82) is 0 Å². The lowest BCUT2D eigenvalue weighted by Crippen LogP contribution is -1.96. The van der Waals surface area contributed by atoms with Crippen molar-refractivity contribution in [2.45, 2.75) is 0 Å². The zero-order valence-corrected chi connectivity index (χ0v) is 9.25. The second-order valence-corrected chi connectivity index (χ2v) is 4.06. The van der Waals surface area contributed by atoms with Crippen LogP contribution in [0.3, 0.4) is 0 Å². The first kappa shape index (κ1) is 10.8. The van der Waals surface area contributed by atoms with Crippen LogP contribution in [0.15, 0.2) is 30.5 Å². The van der Waals surface area contributed by atoms with Crippen molar-refractivity contribution < 1.29 is 13.9 Å². The summed E-state index contributed by atoms with van der Waals surface area (Å²) in [4.78, 5) is 15.7. The molecule has 5 heteroatoms. The second-order valence-electron chi connectivity index (χ2n) is 3.03. The fourth-order valence-corrected chi connectivity index (χ4v) is 2.05. The van der Waals surface area contributed by atoms with Crippen LogP contribution >= 0.6 is 11.3 Å². The van der Waals surface area contributed by atoms with Gasteiger partial charge in [0.1, 0.15) is 15.7 Å². The van der Waals surface area contributed by atoms with E-state index < -0.39 is 5.97 Å². The van der Waals surface area contributed by atoms with Crippen molar-refractivity contribution in [3.8, 4) is 10.6 Å². The summed E-state index contributed by atoms with van der Waals surface area (Å²) in [7, 11) is 1.31. The minimum absolute atomic E-state index is 0.327. The van der Waals surface area contributed by atoms with Crippen LogP contribution in [0.5, 0.6) is 0 Å². The van der Waals surface area contributed by atoms with Gasteiger partial charge in [-0.15, -0.1) is 11.3 Å². The molecule has 0 saturated heterocycles. The highest BCUT2D eigenvalue weighted by Crippen LogP contribution is 2.25. The summed E-state index contributed by atoms with van der Waals surface area (Å²) in [5, 5.41) is 0.597. The Morgan fingerprint density at radius 1 is 1.50 bits per heavy atom. The predicted octanol–water partition coefficient (Wildman–Crippen LogP) is 2.74. The van der Waals surface area contributed by atoms with E-state index in [2.05, 4.69) is 9.72 Å². The molecule has 2 aromatic rings. The molecule has 0 fully saturated rings. The standard InChI is InChI=1S/C11H8FNO2S/c1-15-11(14)9-6-13-10(16-9)7-3-2-4-8(12)5-7/h2-6H,1H3. The van der Waals surface area contributed by atoms with E-state index in [9.17, 15) is 9.18 Å². The van der Waals surface area contributed by atoms with E-state index in [1.165, 1.54) is 36.8 Å². The molecule has 1 heterocycles. The molecule has 0 unspecified atom stereocenters. The molecule has 2 rings (SSSR count). The van der Waals surface area contributed by atoms with Gasteiger partial charge in [0.25, 0.3) is 0 Å². The second kappa shape index (κ2) is 4.40. The van der Waals surface area contributed by atoms with Crippen molar-refractivity contribution in [3.05, 3.63) is 41.2 Å². The number of hydrogen-bond donors (Lipinski definition) is 0. The molecule has 0 aliphatic rings. The molecule has 1 aromatic heterocycles. The van der Waals surface area contributed by atoms with Crippen LogP contribution < -0.4 is 0 Å². The van der Waals surface area contributed by atoms with Gasteiger partial charge in [-0.3, -0.25) is 0 Å². The van der Waals surface area contributed by atoms with E-state index in [0.29, 0.717) is 15.4 Å². The van der Waals surface area contributed by atoms with Gasteiger partial charge >= 0.3 is 5.97 Å². The highest BCUT2D eigenvalue weighted by Gasteiger charge is 2.11. The number of carbonyl (C=O) groups excluding carboxylic acids is 1. The van der Waals surface area contributed by atoms with Gasteiger partial charge in [-0.05, 0) is 12.1 Å². The average molecular weight is 237 g/mol. The third-order valence-electron chi connectivity index (χ3n) is 1.96. The topological polar surface area (TPSA) is 39.2 Å². The third kappa shape index (κ3) is 2.09.